The number of piperidine rings is 2. The number of rotatable bonds is 2. The smallest absolute Gasteiger partial charge is 0.410 e. The first-order valence-electron chi connectivity index (χ1n) is 8.69. The van der Waals surface area contributed by atoms with Crippen molar-refractivity contribution in [1.29, 1.82) is 0 Å². The number of carbonyl (C=O) groups is 1. The lowest BCUT2D eigenvalue weighted by Crippen LogP contribution is -2.52. The van der Waals surface area contributed by atoms with Crippen molar-refractivity contribution >= 4 is 6.09 Å². The van der Waals surface area contributed by atoms with Crippen molar-refractivity contribution in [2.24, 2.45) is 0 Å². The van der Waals surface area contributed by atoms with E-state index >= 15 is 0 Å². The van der Waals surface area contributed by atoms with Crippen LogP contribution in [0.15, 0.2) is 0 Å². The first-order valence-corrected chi connectivity index (χ1v) is 8.69. The molecule has 2 saturated heterocycles. The Bertz CT molecular complexity index is 373. The number of likely N-dealkylation sites (tertiary alicyclic amines) is 2. The van der Waals surface area contributed by atoms with Gasteiger partial charge in [0.15, 0.2) is 0 Å². The van der Waals surface area contributed by atoms with Crippen molar-refractivity contribution in [2.45, 2.75) is 77.1 Å². The second kappa shape index (κ2) is 7.18. The van der Waals surface area contributed by atoms with Gasteiger partial charge < -0.3 is 19.9 Å². The van der Waals surface area contributed by atoms with E-state index in [9.17, 15) is 4.79 Å². The van der Waals surface area contributed by atoms with Crippen LogP contribution >= 0.6 is 0 Å². The van der Waals surface area contributed by atoms with Crippen LogP contribution in [0.5, 0.6) is 0 Å². The number of hydrogen-bond donors (Lipinski definition) is 1. The molecule has 2 unspecified atom stereocenters. The summed E-state index contributed by atoms with van der Waals surface area (Å²) in [5.41, 5.74) is -0.406. The molecule has 2 atom stereocenters. The van der Waals surface area contributed by atoms with Gasteiger partial charge in [-0.1, -0.05) is 0 Å². The Morgan fingerprint density at radius 2 is 1.68 bits per heavy atom. The van der Waals surface area contributed by atoms with Crippen molar-refractivity contribution < 1.29 is 9.53 Å². The minimum atomic E-state index is -0.406. The average molecular weight is 311 g/mol. The fourth-order valence-corrected chi connectivity index (χ4v) is 3.33. The second-order valence-corrected chi connectivity index (χ2v) is 7.96. The molecule has 22 heavy (non-hydrogen) atoms. The number of ether oxygens (including phenoxy) is 1. The van der Waals surface area contributed by atoms with E-state index < -0.39 is 5.60 Å². The highest BCUT2D eigenvalue weighted by atomic mass is 16.6. The van der Waals surface area contributed by atoms with Crippen LogP contribution in [0.3, 0.4) is 0 Å². The molecule has 0 radical (unpaired) electrons. The number of amides is 1. The third kappa shape index (κ3) is 5.13. The summed E-state index contributed by atoms with van der Waals surface area (Å²) in [5, 5.41) is 3.81. The second-order valence-electron chi connectivity index (χ2n) is 7.96. The average Bonchev–Trinajstić information content (AvgIpc) is 2.42. The molecule has 0 saturated carbocycles. The summed E-state index contributed by atoms with van der Waals surface area (Å²) in [7, 11) is 2.21. The Labute approximate surface area is 135 Å². The Morgan fingerprint density at radius 1 is 1.09 bits per heavy atom. The molecule has 2 aliphatic rings. The van der Waals surface area contributed by atoms with E-state index in [-0.39, 0.29) is 6.09 Å². The van der Waals surface area contributed by atoms with Gasteiger partial charge in [0.1, 0.15) is 5.60 Å². The Kier molecular flexibility index (Phi) is 5.72. The molecule has 0 aromatic heterocycles. The van der Waals surface area contributed by atoms with Crippen molar-refractivity contribution in [3.05, 3.63) is 0 Å². The predicted molar refractivity (Wildman–Crippen MR) is 89.1 cm³/mol. The zero-order chi connectivity index (χ0) is 16.3. The summed E-state index contributed by atoms with van der Waals surface area (Å²) >= 11 is 0. The van der Waals surface area contributed by atoms with Gasteiger partial charge in [0.25, 0.3) is 0 Å². The van der Waals surface area contributed by atoms with Crippen LogP contribution < -0.4 is 5.32 Å². The van der Waals surface area contributed by atoms with Gasteiger partial charge in [0.2, 0.25) is 0 Å². The molecule has 0 aliphatic carbocycles. The maximum absolute atomic E-state index is 12.1. The lowest BCUT2D eigenvalue weighted by Gasteiger charge is -2.39. The summed E-state index contributed by atoms with van der Waals surface area (Å²) in [6.07, 6.45) is 4.34. The van der Waals surface area contributed by atoms with Gasteiger partial charge in [-0.2, -0.15) is 0 Å². The molecule has 1 N–H and O–H groups in total. The standard InChI is InChI=1S/C17H33N3O2/c1-13-12-15(6-9-19(13)5)18-14-7-10-20(11-8-14)16(21)22-17(2,3)4/h13-15,18H,6-12H2,1-5H3. The molecule has 0 aromatic carbocycles. The fourth-order valence-electron chi connectivity index (χ4n) is 3.33. The number of nitrogens with zero attached hydrogens (tertiary/aromatic N) is 2. The van der Waals surface area contributed by atoms with Gasteiger partial charge in [-0.05, 0) is 67.0 Å². The van der Waals surface area contributed by atoms with E-state index in [1.54, 1.807) is 0 Å². The zero-order valence-electron chi connectivity index (χ0n) is 14.9. The maximum Gasteiger partial charge on any atom is 0.410 e. The monoisotopic (exact) mass is 311 g/mol. The van der Waals surface area contributed by atoms with E-state index in [4.69, 9.17) is 4.74 Å². The van der Waals surface area contributed by atoms with E-state index in [0.29, 0.717) is 18.1 Å². The van der Waals surface area contributed by atoms with Crippen LogP contribution in [0.2, 0.25) is 0 Å². The van der Waals surface area contributed by atoms with Crippen LogP contribution in [0.1, 0.15) is 53.4 Å². The van der Waals surface area contributed by atoms with Crippen molar-refractivity contribution in [3.8, 4) is 0 Å². The first-order chi connectivity index (χ1) is 10.2. The molecular weight excluding hydrogens is 278 g/mol. The Balaban J connectivity index is 1.72. The highest BCUT2D eigenvalue weighted by molar-refractivity contribution is 5.68. The Morgan fingerprint density at radius 3 is 2.23 bits per heavy atom. The number of nitrogens with one attached hydrogen (secondary N) is 1. The molecule has 5 nitrogen and oxygen atoms in total. The molecule has 2 aliphatic heterocycles. The van der Waals surface area contributed by atoms with E-state index in [0.717, 1.165) is 25.9 Å². The van der Waals surface area contributed by atoms with Gasteiger partial charge in [0, 0.05) is 31.2 Å². The summed E-state index contributed by atoms with van der Waals surface area (Å²) in [4.78, 5) is 16.3. The summed E-state index contributed by atoms with van der Waals surface area (Å²) in [6, 6.07) is 1.83. The molecule has 2 fully saturated rings. The quantitative estimate of drug-likeness (QED) is 0.851. The largest absolute Gasteiger partial charge is 0.444 e. The molecule has 0 aromatic rings. The lowest BCUT2D eigenvalue weighted by atomic mass is 9.96. The van der Waals surface area contributed by atoms with Gasteiger partial charge in [-0.15, -0.1) is 0 Å². The van der Waals surface area contributed by atoms with E-state index in [1.807, 2.05) is 25.7 Å². The van der Waals surface area contributed by atoms with Crippen LogP contribution in [-0.2, 0) is 4.74 Å². The van der Waals surface area contributed by atoms with Crippen molar-refractivity contribution in [2.75, 3.05) is 26.7 Å². The molecule has 0 bridgehead atoms. The first kappa shape index (κ1) is 17.5. The van der Waals surface area contributed by atoms with Gasteiger partial charge in [0.05, 0.1) is 0 Å². The van der Waals surface area contributed by atoms with E-state index in [2.05, 4.69) is 24.2 Å². The number of hydrogen-bond acceptors (Lipinski definition) is 4. The zero-order valence-corrected chi connectivity index (χ0v) is 14.9. The number of carbonyl (C=O) groups excluding carboxylic acids is 1. The highest BCUT2D eigenvalue weighted by Crippen LogP contribution is 2.19. The van der Waals surface area contributed by atoms with E-state index in [1.165, 1.54) is 19.4 Å². The summed E-state index contributed by atoms with van der Waals surface area (Å²) in [5.74, 6) is 0. The van der Waals surface area contributed by atoms with Crippen LogP contribution in [0.25, 0.3) is 0 Å². The van der Waals surface area contributed by atoms with Crippen LogP contribution in [0, 0.1) is 0 Å². The topological polar surface area (TPSA) is 44.8 Å². The molecule has 0 spiro atoms. The van der Waals surface area contributed by atoms with Crippen molar-refractivity contribution in [1.82, 2.24) is 15.1 Å². The maximum atomic E-state index is 12.1. The summed E-state index contributed by atoms with van der Waals surface area (Å²) < 4.78 is 5.45. The van der Waals surface area contributed by atoms with Crippen LogP contribution in [0.4, 0.5) is 4.79 Å². The van der Waals surface area contributed by atoms with Gasteiger partial charge in [-0.3, -0.25) is 0 Å². The minimum absolute atomic E-state index is 0.168. The third-order valence-corrected chi connectivity index (χ3v) is 4.83. The SMILES string of the molecule is CC1CC(NC2CCN(C(=O)OC(C)(C)C)CC2)CCN1C. The normalized spacial score (nSPS) is 28.7. The van der Waals surface area contributed by atoms with Crippen molar-refractivity contribution in [3.63, 3.8) is 0 Å². The van der Waals surface area contributed by atoms with Gasteiger partial charge >= 0.3 is 6.09 Å². The Hall–Kier alpha value is -0.810. The van der Waals surface area contributed by atoms with Crippen LogP contribution in [-0.4, -0.2) is 66.3 Å². The molecule has 2 rings (SSSR count). The molecular formula is C17H33N3O2. The minimum Gasteiger partial charge on any atom is -0.444 e. The lowest BCUT2D eigenvalue weighted by molar-refractivity contribution is 0.0192. The molecule has 5 heteroatoms. The predicted octanol–water partition coefficient (Wildman–Crippen LogP) is 2.46. The van der Waals surface area contributed by atoms with Gasteiger partial charge in [-0.25, -0.2) is 4.79 Å². The summed E-state index contributed by atoms with van der Waals surface area (Å²) in [6.45, 7) is 10.8. The highest BCUT2D eigenvalue weighted by Gasteiger charge is 2.29. The fraction of sp³-hybridized carbons (Fsp3) is 0.941. The third-order valence-electron chi connectivity index (χ3n) is 4.83. The molecule has 2 heterocycles. The molecule has 128 valence electrons. The molecule has 1 amide bonds.